The van der Waals surface area contributed by atoms with Crippen molar-refractivity contribution in [2.24, 2.45) is 0 Å². The summed E-state index contributed by atoms with van der Waals surface area (Å²) >= 11 is 0. The van der Waals surface area contributed by atoms with Crippen molar-refractivity contribution in [1.82, 2.24) is 5.32 Å². The van der Waals surface area contributed by atoms with Crippen molar-refractivity contribution < 1.29 is 14.1 Å². The zero-order valence-electron chi connectivity index (χ0n) is 9.40. The van der Waals surface area contributed by atoms with Gasteiger partial charge >= 0.3 is 5.69 Å². The molecule has 6 heteroatoms. The number of nitrogens with one attached hydrogen (secondary N) is 1. The van der Waals surface area contributed by atoms with Gasteiger partial charge in [0.25, 0.3) is 0 Å². The number of nitro benzene ring substituents is 1. The predicted molar refractivity (Wildman–Crippen MR) is 61.6 cm³/mol. The summed E-state index contributed by atoms with van der Waals surface area (Å²) in [7, 11) is 1.75. The topological polar surface area (TPSA) is 64.4 Å². The fourth-order valence-electron chi connectivity index (χ4n) is 1.24. The van der Waals surface area contributed by atoms with Crippen LogP contribution in [0, 0.1) is 15.9 Å². The van der Waals surface area contributed by atoms with Crippen LogP contribution in [-0.4, -0.2) is 25.1 Å². The van der Waals surface area contributed by atoms with Crippen molar-refractivity contribution in [3.05, 3.63) is 46.3 Å². The smallest absolute Gasteiger partial charge is 0.311 e. The lowest BCUT2D eigenvalue weighted by Gasteiger charge is -2.08. The molecule has 0 fully saturated rings. The molecule has 0 radical (unpaired) electrons. The lowest BCUT2D eigenvalue weighted by Crippen LogP contribution is -2.15. The first-order valence-corrected chi connectivity index (χ1v) is 4.92. The predicted octanol–water partition coefficient (Wildman–Crippen LogP) is 1.89. The zero-order chi connectivity index (χ0) is 12.8. The molecule has 0 aliphatic carbocycles. The Morgan fingerprint density at radius 3 is 2.94 bits per heavy atom. The molecule has 0 heterocycles. The van der Waals surface area contributed by atoms with Crippen LogP contribution in [0.2, 0.25) is 0 Å². The van der Waals surface area contributed by atoms with E-state index in [2.05, 4.69) is 11.9 Å². The van der Waals surface area contributed by atoms with E-state index in [1.807, 2.05) is 0 Å². The van der Waals surface area contributed by atoms with Gasteiger partial charge < -0.3 is 10.1 Å². The first-order chi connectivity index (χ1) is 8.04. The van der Waals surface area contributed by atoms with Gasteiger partial charge in [-0.1, -0.05) is 6.58 Å². The van der Waals surface area contributed by atoms with Crippen LogP contribution in [0.25, 0.3) is 0 Å². The highest BCUT2D eigenvalue weighted by molar-refractivity contribution is 5.46. The van der Waals surface area contributed by atoms with Gasteiger partial charge in [-0.25, -0.2) is 4.39 Å². The Balaban J connectivity index is 2.78. The molecule has 1 N–H and O–H groups in total. The quantitative estimate of drug-likeness (QED) is 0.468. The Kier molecular flexibility index (Phi) is 4.59. The summed E-state index contributed by atoms with van der Waals surface area (Å²) < 4.78 is 18.1. The Bertz CT molecular complexity index is 435. The Morgan fingerprint density at radius 1 is 1.65 bits per heavy atom. The van der Waals surface area contributed by atoms with Crippen LogP contribution in [0.15, 0.2) is 30.4 Å². The molecule has 1 aromatic rings. The van der Waals surface area contributed by atoms with Crippen LogP contribution < -0.4 is 10.1 Å². The molecular weight excluding hydrogens is 227 g/mol. The third-order valence-corrected chi connectivity index (χ3v) is 1.98. The third-order valence-electron chi connectivity index (χ3n) is 1.98. The number of hydrogen-bond donors (Lipinski definition) is 1. The molecule has 17 heavy (non-hydrogen) atoms. The maximum Gasteiger partial charge on any atom is 0.311 e. The van der Waals surface area contributed by atoms with E-state index in [-0.39, 0.29) is 18.0 Å². The highest BCUT2D eigenvalue weighted by Gasteiger charge is 2.15. The van der Waals surface area contributed by atoms with Crippen LogP contribution in [0.1, 0.15) is 0 Å². The fourth-order valence-corrected chi connectivity index (χ4v) is 1.24. The minimum Gasteiger partial charge on any atom is -0.482 e. The summed E-state index contributed by atoms with van der Waals surface area (Å²) in [6, 6.07) is 3.09. The summed E-state index contributed by atoms with van der Waals surface area (Å²) in [4.78, 5) is 10.1. The van der Waals surface area contributed by atoms with E-state index in [4.69, 9.17) is 4.74 Å². The number of hydrogen-bond acceptors (Lipinski definition) is 4. The Morgan fingerprint density at radius 2 is 2.35 bits per heavy atom. The number of likely N-dealkylation sites (N-methyl/N-ethyl adjacent to an activating group) is 1. The van der Waals surface area contributed by atoms with Crippen molar-refractivity contribution in [3.63, 3.8) is 0 Å². The second-order valence-corrected chi connectivity index (χ2v) is 3.44. The number of nitro groups is 1. The number of benzene rings is 1. The maximum absolute atomic E-state index is 12.9. The largest absolute Gasteiger partial charge is 0.482 e. The number of rotatable bonds is 6. The number of halogens is 1. The second kappa shape index (κ2) is 5.95. The number of nitrogens with zero attached hydrogens (tertiary/aromatic N) is 1. The van der Waals surface area contributed by atoms with E-state index in [1.165, 1.54) is 0 Å². The fraction of sp³-hybridized carbons (Fsp3) is 0.273. The Hall–Kier alpha value is -1.95. The minimum absolute atomic E-state index is 0.0905. The SMILES string of the molecule is C=C(CNC)COc1cc(F)ccc1[N+](=O)[O-]. The number of ether oxygens (including phenoxy) is 1. The van der Waals surface area contributed by atoms with E-state index in [0.29, 0.717) is 12.1 Å². The monoisotopic (exact) mass is 240 g/mol. The van der Waals surface area contributed by atoms with E-state index in [1.54, 1.807) is 7.05 Å². The molecule has 0 bridgehead atoms. The van der Waals surface area contributed by atoms with Crippen LogP contribution in [0.3, 0.4) is 0 Å². The lowest BCUT2D eigenvalue weighted by molar-refractivity contribution is -0.385. The molecule has 0 aliphatic heterocycles. The van der Waals surface area contributed by atoms with Gasteiger partial charge in [-0.15, -0.1) is 0 Å². The molecule has 0 unspecified atom stereocenters. The molecule has 0 saturated heterocycles. The van der Waals surface area contributed by atoms with Crippen molar-refractivity contribution in [1.29, 1.82) is 0 Å². The molecule has 1 rings (SSSR count). The average molecular weight is 240 g/mol. The van der Waals surface area contributed by atoms with Gasteiger partial charge in [0.2, 0.25) is 0 Å². The first kappa shape index (κ1) is 13.1. The summed E-state index contributed by atoms with van der Waals surface area (Å²) in [5.74, 6) is -0.669. The van der Waals surface area contributed by atoms with Gasteiger partial charge in [0, 0.05) is 18.7 Å². The summed E-state index contributed by atoms with van der Waals surface area (Å²) in [5.41, 5.74) is 0.453. The molecule has 92 valence electrons. The molecule has 0 atom stereocenters. The van der Waals surface area contributed by atoms with E-state index >= 15 is 0 Å². The second-order valence-electron chi connectivity index (χ2n) is 3.44. The third kappa shape index (κ3) is 3.84. The van der Waals surface area contributed by atoms with Crippen LogP contribution >= 0.6 is 0 Å². The highest BCUT2D eigenvalue weighted by Crippen LogP contribution is 2.27. The van der Waals surface area contributed by atoms with Crippen molar-refractivity contribution in [3.8, 4) is 5.75 Å². The van der Waals surface area contributed by atoms with Gasteiger partial charge in [0.05, 0.1) is 4.92 Å². The normalized spacial score (nSPS) is 10.0. The maximum atomic E-state index is 12.9. The first-order valence-electron chi connectivity index (χ1n) is 4.92. The van der Waals surface area contributed by atoms with Gasteiger partial charge in [0.15, 0.2) is 5.75 Å². The average Bonchev–Trinajstić information content (AvgIpc) is 2.26. The molecule has 0 amide bonds. The molecule has 5 nitrogen and oxygen atoms in total. The molecule has 0 aromatic heterocycles. The van der Waals surface area contributed by atoms with E-state index in [0.717, 1.165) is 18.2 Å². The standard InChI is InChI=1S/C11H13FN2O3/c1-8(6-13-2)7-17-11-5-9(12)3-4-10(11)14(15)16/h3-5,13H,1,6-7H2,2H3. The van der Waals surface area contributed by atoms with Gasteiger partial charge in [-0.05, 0) is 18.7 Å². The molecule has 0 saturated carbocycles. The van der Waals surface area contributed by atoms with E-state index < -0.39 is 10.7 Å². The summed E-state index contributed by atoms with van der Waals surface area (Å²) in [6.45, 7) is 4.34. The van der Waals surface area contributed by atoms with Crippen LogP contribution in [0.4, 0.5) is 10.1 Å². The van der Waals surface area contributed by atoms with Gasteiger partial charge in [-0.3, -0.25) is 10.1 Å². The van der Waals surface area contributed by atoms with Gasteiger partial charge in [-0.2, -0.15) is 0 Å². The summed E-state index contributed by atoms with van der Waals surface area (Å²) in [6.07, 6.45) is 0. The van der Waals surface area contributed by atoms with E-state index in [9.17, 15) is 14.5 Å². The van der Waals surface area contributed by atoms with Crippen molar-refractivity contribution in [2.45, 2.75) is 0 Å². The molecule has 1 aromatic carbocycles. The van der Waals surface area contributed by atoms with Crippen LogP contribution in [-0.2, 0) is 0 Å². The minimum atomic E-state index is -0.615. The van der Waals surface area contributed by atoms with Crippen LogP contribution in [0.5, 0.6) is 5.75 Å². The zero-order valence-corrected chi connectivity index (χ0v) is 9.40. The van der Waals surface area contributed by atoms with Crippen molar-refractivity contribution >= 4 is 5.69 Å². The molecule has 0 aliphatic rings. The summed E-state index contributed by atoms with van der Waals surface area (Å²) in [5, 5.41) is 13.5. The van der Waals surface area contributed by atoms with Gasteiger partial charge in [0.1, 0.15) is 12.4 Å². The highest BCUT2D eigenvalue weighted by atomic mass is 19.1. The molecule has 0 spiro atoms. The molecular formula is C11H13FN2O3. The Labute approximate surface area is 98.0 Å². The van der Waals surface area contributed by atoms with Crippen molar-refractivity contribution in [2.75, 3.05) is 20.2 Å². The lowest BCUT2D eigenvalue weighted by atomic mass is 10.3.